The number of hydrazone groups is 1. The zero-order chi connectivity index (χ0) is 17.1. The number of hydrogen-bond donors (Lipinski definition) is 2. The average molecular weight is 360 g/mol. The Balaban J connectivity index is 1.82. The largest absolute Gasteiger partial charge is 0.360 e. The standard InChI is InChI=1S/C17H11Cl2N3O2/c18-11-3-1-10(2-4-11)8-21-22-17(24)14-9-20-15-6-5-12(19)7-13(15)16(14)23/h1-9H,(H,20,23)(H,22,24)/b21-8+. The molecule has 0 saturated heterocycles. The normalized spacial score (nSPS) is 11.1. The smallest absolute Gasteiger partial charge is 0.276 e. The minimum absolute atomic E-state index is 0.0435. The molecule has 1 amide bonds. The molecule has 3 rings (SSSR count). The molecule has 2 N–H and O–H groups in total. The molecule has 5 nitrogen and oxygen atoms in total. The molecule has 0 atom stereocenters. The van der Waals surface area contributed by atoms with Crippen LogP contribution >= 0.6 is 23.2 Å². The molecule has 2 aromatic carbocycles. The van der Waals surface area contributed by atoms with Crippen LogP contribution in [0, 0.1) is 0 Å². The van der Waals surface area contributed by atoms with Gasteiger partial charge in [-0.05, 0) is 35.9 Å². The SMILES string of the molecule is O=C(N/N=C/c1ccc(Cl)cc1)c1c[nH]c2ccc(Cl)cc2c1=O. The number of amides is 1. The summed E-state index contributed by atoms with van der Waals surface area (Å²) in [6, 6.07) is 11.8. The van der Waals surface area contributed by atoms with E-state index in [0.29, 0.717) is 20.9 Å². The Morgan fingerprint density at radius 1 is 1.08 bits per heavy atom. The van der Waals surface area contributed by atoms with Crippen LogP contribution in [-0.4, -0.2) is 17.1 Å². The molecule has 0 fully saturated rings. The van der Waals surface area contributed by atoms with Gasteiger partial charge in [-0.25, -0.2) is 5.43 Å². The van der Waals surface area contributed by atoms with Crippen molar-refractivity contribution in [1.29, 1.82) is 0 Å². The van der Waals surface area contributed by atoms with E-state index in [4.69, 9.17) is 23.2 Å². The number of pyridine rings is 1. The topological polar surface area (TPSA) is 74.3 Å². The van der Waals surface area contributed by atoms with Gasteiger partial charge in [-0.1, -0.05) is 35.3 Å². The van der Waals surface area contributed by atoms with E-state index < -0.39 is 11.3 Å². The lowest BCUT2D eigenvalue weighted by molar-refractivity contribution is 0.0954. The molecule has 7 heteroatoms. The summed E-state index contributed by atoms with van der Waals surface area (Å²) in [6.07, 6.45) is 2.81. The van der Waals surface area contributed by atoms with Gasteiger partial charge in [0.2, 0.25) is 5.43 Å². The van der Waals surface area contributed by atoms with Gasteiger partial charge in [-0.15, -0.1) is 0 Å². The first-order valence-electron chi connectivity index (χ1n) is 6.94. The Morgan fingerprint density at radius 2 is 1.79 bits per heavy atom. The summed E-state index contributed by atoms with van der Waals surface area (Å²) in [5.74, 6) is -0.608. The van der Waals surface area contributed by atoms with Crippen molar-refractivity contribution in [1.82, 2.24) is 10.4 Å². The third-order valence-electron chi connectivity index (χ3n) is 3.34. The molecule has 0 radical (unpaired) electrons. The molecule has 0 aliphatic rings. The number of carbonyl (C=O) groups is 1. The van der Waals surface area contributed by atoms with Gasteiger partial charge >= 0.3 is 0 Å². The first-order chi connectivity index (χ1) is 11.5. The monoisotopic (exact) mass is 359 g/mol. The molecule has 24 heavy (non-hydrogen) atoms. The second kappa shape index (κ2) is 6.86. The van der Waals surface area contributed by atoms with E-state index in [9.17, 15) is 9.59 Å². The first kappa shape index (κ1) is 16.2. The number of hydrogen-bond acceptors (Lipinski definition) is 3. The molecule has 0 aliphatic carbocycles. The highest BCUT2D eigenvalue weighted by Crippen LogP contribution is 2.15. The third kappa shape index (κ3) is 3.48. The lowest BCUT2D eigenvalue weighted by Crippen LogP contribution is -2.25. The minimum atomic E-state index is -0.608. The highest BCUT2D eigenvalue weighted by molar-refractivity contribution is 6.31. The number of carbonyl (C=O) groups excluding carboxylic acids is 1. The van der Waals surface area contributed by atoms with Gasteiger partial charge in [0.05, 0.1) is 6.21 Å². The maximum absolute atomic E-state index is 12.4. The lowest BCUT2D eigenvalue weighted by atomic mass is 10.1. The van der Waals surface area contributed by atoms with Crippen molar-refractivity contribution in [2.75, 3.05) is 0 Å². The van der Waals surface area contributed by atoms with E-state index in [1.54, 1.807) is 36.4 Å². The number of halogens is 2. The summed E-state index contributed by atoms with van der Waals surface area (Å²) in [5, 5.41) is 5.22. The van der Waals surface area contributed by atoms with Crippen LogP contribution in [0.1, 0.15) is 15.9 Å². The van der Waals surface area contributed by atoms with E-state index >= 15 is 0 Å². The second-order valence-electron chi connectivity index (χ2n) is 4.97. The summed E-state index contributed by atoms with van der Waals surface area (Å²) in [5.41, 5.74) is 3.24. The van der Waals surface area contributed by atoms with Crippen LogP contribution in [0.25, 0.3) is 10.9 Å². The highest BCUT2D eigenvalue weighted by atomic mass is 35.5. The molecule has 0 spiro atoms. The number of rotatable bonds is 3. The maximum atomic E-state index is 12.4. The van der Waals surface area contributed by atoms with Gasteiger partial charge in [0.25, 0.3) is 5.91 Å². The summed E-state index contributed by atoms with van der Waals surface area (Å²) >= 11 is 11.7. The van der Waals surface area contributed by atoms with Crippen LogP contribution in [0.2, 0.25) is 10.0 Å². The maximum Gasteiger partial charge on any atom is 0.276 e. The number of benzene rings is 2. The predicted molar refractivity (Wildman–Crippen MR) is 96.1 cm³/mol. The number of aromatic amines is 1. The number of nitrogens with zero attached hydrogens (tertiary/aromatic N) is 1. The zero-order valence-corrected chi connectivity index (χ0v) is 13.7. The van der Waals surface area contributed by atoms with Crippen molar-refractivity contribution < 1.29 is 4.79 Å². The van der Waals surface area contributed by atoms with Crippen LogP contribution in [0.5, 0.6) is 0 Å². The molecular weight excluding hydrogens is 349 g/mol. The first-order valence-corrected chi connectivity index (χ1v) is 7.70. The molecule has 3 aromatic rings. The second-order valence-corrected chi connectivity index (χ2v) is 5.84. The van der Waals surface area contributed by atoms with Gasteiger partial charge in [-0.2, -0.15) is 5.10 Å². The lowest BCUT2D eigenvalue weighted by Gasteiger charge is -2.03. The summed E-state index contributed by atoms with van der Waals surface area (Å²) < 4.78 is 0. The summed E-state index contributed by atoms with van der Waals surface area (Å²) in [6.45, 7) is 0. The number of aromatic nitrogens is 1. The van der Waals surface area contributed by atoms with Gasteiger partial charge in [-0.3, -0.25) is 9.59 Å². The molecule has 1 heterocycles. The van der Waals surface area contributed by atoms with Crippen molar-refractivity contribution in [3.63, 3.8) is 0 Å². The van der Waals surface area contributed by atoms with Crippen molar-refractivity contribution in [2.45, 2.75) is 0 Å². The van der Waals surface area contributed by atoms with Crippen LogP contribution in [0.15, 0.2) is 58.6 Å². The van der Waals surface area contributed by atoms with E-state index in [2.05, 4.69) is 15.5 Å². The number of nitrogens with one attached hydrogen (secondary N) is 2. The molecule has 0 saturated carbocycles. The van der Waals surface area contributed by atoms with E-state index in [1.165, 1.54) is 18.5 Å². The van der Waals surface area contributed by atoms with Crippen molar-refractivity contribution in [2.24, 2.45) is 5.10 Å². The van der Waals surface area contributed by atoms with Crippen LogP contribution in [-0.2, 0) is 0 Å². The Bertz CT molecular complexity index is 995. The summed E-state index contributed by atoms with van der Waals surface area (Å²) in [4.78, 5) is 27.4. The molecule has 0 aliphatic heterocycles. The van der Waals surface area contributed by atoms with Crippen molar-refractivity contribution in [3.8, 4) is 0 Å². The van der Waals surface area contributed by atoms with Gasteiger partial charge < -0.3 is 4.98 Å². The Hall–Kier alpha value is -2.63. The zero-order valence-electron chi connectivity index (χ0n) is 12.2. The van der Waals surface area contributed by atoms with Gasteiger partial charge in [0, 0.05) is 27.1 Å². The fraction of sp³-hybridized carbons (Fsp3) is 0. The quantitative estimate of drug-likeness (QED) is 0.553. The third-order valence-corrected chi connectivity index (χ3v) is 3.82. The van der Waals surface area contributed by atoms with E-state index in [1.807, 2.05) is 0 Å². The average Bonchev–Trinajstić information content (AvgIpc) is 2.57. The Labute approximate surface area is 146 Å². The summed E-state index contributed by atoms with van der Waals surface area (Å²) in [7, 11) is 0. The van der Waals surface area contributed by atoms with E-state index in [0.717, 1.165) is 5.56 Å². The van der Waals surface area contributed by atoms with Crippen LogP contribution in [0.3, 0.4) is 0 Å². The fourth-order valence-electron chi connectivity index (χ4n) is 2.13. The van der Waals surface area contributed by atoms with Crippen LogP contribution in [0.4, 0.5) is 0 Å². The highest BCUT2D eigenvalue weighted by Gasteiger charge is 2.12. The Kier molecular flexibility index (Phi) is 4.64. The fourth-order valence-corrected chi connectivity index (χ4v) is 2.43. The molecule has 1 aromatic heterocycles. The predicted octanol–water partition coefficient (Wildman–Crippen LogP) is 3.60. The molecule has 120 valence electrons. The molecule has 0 bridgehead atoms. The van der Waals surface area contributed by atoms with Crippen molar-refractivity contribution in [3.05, 3.63) is 80.1 Å². The number of H-pyrrole nitrogens is 1. The Morgan fingerprint density at radius 3 is 2.54 bits per heavy atom. The van der Waals surface area contributed by atoms with E-state index in [-0.39, 0.29) is 5.56 Å². The van der Waals surface area contributed by atoms with Gasteiger partial charge in [0.1, 0.15) is 5.56 Å². The van der Waals surface area contributed by atoms with Crippen molar-refractivity contribution >= 4 is 46.2 Å². The van der Waals surface area contributed by atoms with Crippen LogP contribution < -0.4 is 10.9 Å². The molecular formula is C17H11Cl2N3O2. The number of fused-ring (bicyclic) bond motifs is 1. The minimum Gasteiger partial charge on any atom is -0.360 e. The molecule has 0 unspecified atom stereocenters. The van der Waals surface area contributed by atoms with Gasteiger partial charge in [0.15, 0.2) is 0 Å².